The van der Waals surface area contributed by atoms with Gasteiger partial charge in [0.2, 0.25) is 0 Å². The third kappa shape index (κ3) is 2.45. The second-order valence-electron chi connectivity index (χ2n) is 3.77. The van der Waals surface area contributed by atoms with Gasteiger partial charge in [0, 0.05) is 6.04 Å². The van der Waals surface area contributed by atoms with Crippen LogP contribution in [0.2, 0.25) is 0 Å². The Morgan fingerprint density at radius 3 is 2.67 bits per heavy atom. The van der Waals surface area contributed by atoms with Crippen molar-refractivity contribution in [3.8, 4) is 0 Å². The van der Waals surface area contributed by atoms with Gasteiger partial charge in [-0.05, 0) is 38.1 Å². The van der Waals surface area contributed by atoms with Crippen molar-refractivity contribution in [2.75, 3.05) is 18.4 Å². The fraction of sp³-hybridized carbons (Fsp3) is 0.455. The molecule has 15 heavy (non-hydrogen) atoms. The lowest BCUT2D eigenvalue weighted by molar-refractivity contribution is 0.471. The predicted molar refractivity (Wildman–Crippen MR) is 55.9 cm³/mol. The molecule has 2 nitrogen and oxygen atoms in total. The van der Waals surface area contributed by atoms with Crippen molar-refractivity contribution in [2.45, 2.75) is 18.9 Å². The predicted octanol–water partition coefficient (Wildman–Crippen LogP) is 2.13. The van der Waals surface area contributed by atoms with E-state index in [1.165, 1.54) is 6.07 Å². The summed E-state index contributed by atoms with van der Waals surface area (Å²) in [5.41, 5.74) is 0.266. The van der Waals surface area contributed by atoms with Crippen molar-refractivity contribution in [1.82, 2.24) is 5.32 Å². The van der Waals surface area contributed by atoms with Gasteiger partial charge in [-0.25, -0.2) is 8.78 Å². The van der Waals surface area contributed by atoms with Crippen LogP contribution in [-0.2, 0) is 0 Å². The molecule has 0 bridgehead atoms. The number of rotatable bonds is 2. The lowest BCUT2D eigenvalue weighted by atomic mass is 10.1. The summed E-state index contributed by atoms with van der Waals surface area (Å²) in [6.07, 6.45) is 1.88. The van der Waals surface area contributed by atoms with Crippen LogP contribution < -0.4 is 10.6 Å². The Morgan fingerprint density at radius 2 is 1.93 bits per heavy atom. The van der Waals surface area contributed by atoms with Gasteiger partial charge in [-0.3, -0.25) is 0 Å². The molecule has 0 amide bonds. The van der Waals surface area contributed by atoms with E-state index in [9.17, 15) is 8.78 Å². The number of anilines is 1. The first-order valence-corrected chi connectivity index (χ1v) is 5.18. The molecule has 0 unspecified atom stereocenters. The van der Waals surface area contributed by atoms with E-state index in [4.69, 9.17) is 0 Å². The molecule has 82 valence electrons. The highest BCUT2D eigenvalue weighted by Crippen LogP contribution is 2.19. The van der Waals surface area contributed by atoms with Gasteiger partial charge in [0.25, 0.3) is 0 Å². The molecule has 1 aromatic carbocycles. The summed E-state index contributed by atoms with van der Waals surface area (Å²) in [5, 5.41) is 6.25. The Kier molecular flexibility index (Phi) is 3.16. The maximum absolute atomic E-state index is 13.3. The number of piperidine rings is 1. The number of hydrogen-bond acceptors (Lipinski definition) is 2. The Morgan fingerprint density at radius 1 is 1.20 bits per heavy atom. The van der Waals surface area contributed by atoms with Crippen LogP contribution in [0.3, 0.4) is 0 Å². The maximum Gasteiger partial charge on any atom is 0.181 e. The van der Waals surface area contributed by atoms with Gasteiger partial charge in [0.1, 0.15) is 0 Å². The number of hydrogen-bond donors (Lipinski definition) is 2. The molecule has 1 aromatic rings. The van der Waals surface area contributed by atoms with Gasteiger partial charge in [0.05, 0.1) is 5.69 Å². The molecule has 2 N–H and O–H groups in total. The average molecular weight is 212 g/mol. The molecule has 1 saturated heterocycles. The number of nitrogens with one attached hydrogen (secondary N) is 2. The minimum Gasteiger partial charge on any atom is -0.380 e. The van der Waals surface area contributed by atoms with Crippen molar-refractivity contribution in [3.05, 3.63) is 29.8 Å². The summed E-state index contributed by atoms with van der Waals surface area (Å²) in [7, 11) is 0. The molecule has 0 saturated carbocycles. The molecule has 1 fully saturated rings. The van der Waals surface area contributed by atoms with E-state index < -0.39 is 11.6 Å². The van der Waals surface area contributed by atoms with E-state index in [0.717, 1.165) is 32.0 Å². The second kappa shape index (κ2) is 4.57. The SMILES string of the molecule is Fc1cccc(NC2CCNCC2)c1F. The van der Waals surface area contributed by atoms with E-state index >= 15 is 0 Å². The molecule has 0 atom stereocenters. The van der Waals surface area contributed by atoms with Crippen LogP contribution in [0.15, 0.2) is 18.2 Å². The van der Waals surface area contributed by atoms with Crippen molar-refractivity contribution < 1.29 is 8.78 Å². The highest BCUT2D eigenvalue weighted by Gasteiger charge is 2.15. The molecule has 2 rings (SSSR count). The van der Waals surface area contributed by atoms with E-state index in [1.807, 2.05) is 0 Å². The first kappa shape index (κ1) is 10.4. The Hall–Kier alpha value is -1.16. The van der Waals surface area contributed by atoms with Crippen molar-refractivity contribution >= 4 is 5.69 Å². The second-order valence-corrected chi connectivity index (χ2v) is 3.77. The molecular weight excluding hydrogens is 198 g/mol. The normalized spacial score (nSPS) is 17.7. The average Bonchev–Trinajstić information content (AvgIpc) is 2.26. The molecule has 0 aliphatic carbocycles. The molecule has 1 heterocycles. The van der Waals surface area contributed by atoms with Crippen LogP contribution in [-0.4, -0.2) is 19.1 Å². The summed E-state index contributed by atoms with van der Waals surface area (Å²) in [6.45, 7) is 1.85. The lowest BCUT2D eigenvalue weighted by Crippen LogP contribution is -2.35. The topological polar surface area (TPSA) is 24.1 Å². The molecule has 4 heteroatoms. The highest BCUT2D eigenvalue weighted by molar-refractivity contribution is 5.45. The molecule has 0 radical (unpaired) electrons. The van der Waals surface area contributed by atoms with Crippen LogP contribution in [0.25, 0.3) is 0 Å². The van der Waals surface area contributed by atoms with Gasteiger partial charge >= 0.3 is 0 Å². The van der Waals surface area contributed by atoms with E-state index in [0.29, 0.717) is 0 Å². The van der Waals surface area contributed by atoms with E-state index in [-0.39, 0.29) is 11.7 Å². The largest absolute Gasteiger partial charge is 0.380 e. The molecule has 1 aliphatic heterocycles. The van der Waals surface area contributed by atoms with Crippen molar-refractivity contribution in [1.29, 1.82) is 0 Å². The molecule has 0 spiro atoms. The first-order chi connectivity index (χ1) is 7.27. The third-order valence-electron chi connectivity index (χ3n) is 2.65. The summed E-state index contributed by atoms with van der Waals surface area (Å²) >= 11 is 0. The summed E-state index contributed by atoms with van der Waals surface area (Å²) < 4.78 is 26.2. The Balaban J connectivity index is 2.06. The smallest absolute Gasteiger partial charge is 0.181 e. The van der Waals surface area contributed by atoms with Crippen LogP contribution in [0.1, 0.15) is 12.8 Å². The van der Waals surface area contributed by atoms with Gasteiger partial charge in [0.15, 0.2) is 11.6 Å². The molecule has 0 aromatic heterocycles. The summed E-state index contributed by atoms with van der Waals surface area (Å²) in [6, 6.07) is 4.45. The Labute approximate surface area is 87.7 Å². The standard InChI is InChI=1S/C11H14F2N2/c12-9-2-1-3-10(11(9)13)15-8-4-6-14-7-5-8/h1-3,8,14-15H,4-7H2. The zero-order chi connectivity index (χ0) is 10.7. The van der Waals surface area contributed by atoms with Crippen LogP contribution in [0.5, 0.6) is 0 Å². The van der Waals surface area contributed by atoms with Crippen molar-refractivity contribution in [2.24, 2.45) is 0 Å². The van der Waals surface area contributed by atoms with Gasteiger partial charge in [-0.15, -0.1) is 0 Å². The minimum absolute atomic E-state index is 0.238. The van der Waals surface area contributed by atoms with E-state index in [2.05, 4.69) is 10.6 Å². The number of benzene rings is 1. The van der Waals surface area contributed by atoms with E-state index in [1.54, 1.807) is 6.07 Å². The van der Waals surface area contributed by atoms with Crippen molar-refractivity contribution in [3.63, 3.8) is 0 Å². The van der Waals surface area contributed by atoms with Gasteiger partial charge in [-0.2, -0.15) is 0 Å². The molecule has 1 aliphatic rings. The highest BCUT2D eigenvalue weighted by atomic mass is 19.2. The summed E-state index contributed by atoms with van der Waals surface area (Å²) in [5.74, 6) is -1.58. The van der Waals surface area contributed by atoms with Gasteiger partial charge < -0.3 is 10.6 Å². The number of halogens is 2. The zero-order valence-electron chi connectivity index (χ0n) is 8.39. The zero-order valence-corrected chi connectivity index (χ0v) is 8.39. The van der Waals surface area contributed by atoms with Crippen LogP contribution in [0, 0.1) is 11.6 Å². The fourth-order valence-corrected chi connectivity index (χ4v) is 1.80. The van der Waals surface area contributed by atoms with Crippen LogP contribution in [0.4, 0.5) is 14.5 Å². The maximum atomic E-state index is 13.3. The lowest BCUT2D eigenvalue weighted by Gasteiger charge is -2.24. The fourth-order valence-electron chi connectivity index (χ4n) is 1.80. The third-order valence-corrected chi connectivity index (χ3v) is 2.65. The van der Waals surface area contributed by atoms with Gasteiger partial charge in [-0.1, -0.05) is 6.07 Å². The minimum atomic E-state index is -0.797. The Bertz CT molecular complexity index is 335. The van der Waals surface area contributed by atoms with Crippen LogP contribution >= 0.6 is 0 Å². The monoisotopic (exact) mass is 212 g/mol. The molecular formula is C11H14F2N2. The summed E-state index contributed by atoms with van der Waals surface area (Å²) in [4.78, 5) is 0. The quantitative estimate of drug-likeness (QED) is 0.784. The first-order valence-electron chi connectivity index (χ1n) is 5.18.